The average Bonchev–Trinajstić information content (AvgIpc) is 3.15. The van der Waals surface area contributed by atoms with E-state index in [1.807, 2.05) is 42.6 Å². The van der Waals surface area contributed by atoms with Crippen molar-refractivity contribution in [2.24, 2.45) is 0 Å². The van der Waals surface area contributed by atoms with Crippen LogP contribution in [0.1, 0.15) is 15.9 Å². The molecule has 0 fully saturated rings. The second-order valence-corrected chi connectivity index (χ2v) is 5.84. The Kier molecular flexibility index (Phi) is 4.30. The maximum absolute atomic E-state index is 12.7. The van der Waals surface area contributed by atoms with Gasteiger partial charge in [0.05, 0.1) is 5.56 Å². The van der Waals surface area contributed by atoms with Crippen LogP contribution in [0.4, 0.5) is 11.5 Å². The first kappa shape index (κ1) is 15.8. The molecule has 0 saturated carbocycles. The van der Waals surface area contributed by atoms with E-state index in [1.165, 1.54) is 0 Å². The van der Waals surface area contributed by atoms with Crippen LogP contribution in [0.3, 0.4) is 0 Å². The SMILES string of the molecule is O=C(Nc1ccc2[nH]ccc2c1)c1cccnc1NCc1ccncc1. The monoisotopic (exact) mass is 343 g/mol. The quantitative estimate of drug-likeness (QED) is 0.514. The van der Waals surface area contributed by atoms with E-state index in [9.17, 15) is 4.79 Å². The highest BCUT2D eigenvalue weighted by molar-refractivity contribution is 6.08. The van der Waals surface area contributed by atoms with Crippen molar-refractivity contribution in [2.45, 2.75) is 6.54 Å². The maximum Gasteiger partial charge on any atom is 0.259 e. The van der Waals surface area contributed by atoms with Crippen molar-refractivity contribution in [1.82, 2.24) is 15.0 Å². The number of nitrogens with one attached hydrogen (secondary N) is 3. The number of pyridine rings is 2. The van der Waals surface area contributed by atoms with Crippen LogP contribution < -0.4 is 10.6 Å². The van der Waals surface area contributed by atoms with E-state index in [1.54, 1.807) is 30.7 Å². The van der Waals surface area contributed by atoms with Crippen LogP contribution in [0, 0.1) is 0 Å². The zero-order valence-electron chi connectivity index (χ0n) is 13.9. The Morgan fingerprint density at radius 3 is 2.81 bits per heavy atom. The Balaban J connectivity index is 1.52. The first-order chi connectivity index (χ1) is 12.8. The number of H-pyrrole nitrogens is 1. The van der Waals surface area contributed by atoms with Crippen molar-refractivity contribution >= 4 is 28.3 Å². The number of carbonyl (C=O) groups is 1. The topological polar surface area (TPSA) is 82.7 Å². The van der Waals surface area contributed by atoms with Crippen molar-refractivity contribution in [1.29, 1.82) is 0 Å². The summed E-state index contributed by atoms with van der Waals surface area (Å²) in [5.41, 5.74) is 3.33. The van der Waals surface area contributed by atoms with Crippen molar-refractivity contribution in [3.63, 3.8) is 0 Å². The predicted molar refractivity (Wildman–Crippen MR) is 102 cm³/mol. The molecule has 6 heteroatoms. The molecule has 0 saturated heterocycles. The molecule has 0 unspecified atom stereocenters. The molecule has 4 rings (SSSR count). The zero-order valence-corrected chi connectivity index (χ0v) is 13.9. The summed E-state index contributed by atoms with van der Waals surface area (Å²) >= 11 is 0. The molecule has 3 N–H and O–H groups in total. The molecule has 0 atom stereocenters. The van der Waals surface area contributed by atoms with E-state index in [2.05, 4.69) is 25.6 Å². The number of nitrogens with zero attached hydrogens (tertiary/aromatic N) is 2. The largest absolute Gasteiger partial charge is 0.365 e. The normalized spacial score (nSPS) is 10.6. The van der Waals surface area contributed by atoms with Crippen LogP contribution in [-0.4, -0.2) is 20.9 Å². The summed E-state index contributed by atoms with van der Waals surface area (Å²) in [5, 5.41) is 7.20. The number of hydrogen-bond acceptors (Lipinski definition) is 4. The molecule has 3 heterocycles. The lowest BCUT2D eigenvalue weighted by molar-refractivity contribution is 0.102. The minimum absolute atomic E-state index is 0.204. The number of aromatic nitrogens is 3. The third-order valence-electron chi connectivity index (χ3n) is 4.07. The number of anilines is 2. The van der Waals surface area contributed by atoms with Gasteiger partial charge in [0.1, 0.15) is 5.82 Å². The number of amides is 1. The van der Waals surface area contributed by atoms with E-state index >= 15 is 0 Å². The third kappa shape index (κ3) is 3.39. The molecule has 0 spiro atoms. The summed E-state index contributed by atoms with van der Waals surface area (Å²) < 4.78 is 0. The first-order valence-electron chi connectivity index (χ1n) is 8.26. The van der Waals surface area contributed by atoms with E-state index in [0.717, 1.165) is 22.2 Å². The average molecular weight is 343 g/mol. The third-order valence-corrected chi connectivity index (χ3v) is 4.07. The van der Waals surface area contributed by atoms with Gasteiger partial charge in [-0.2, -0.15) is 0 Å². The molecule has 0 radical (unpaired) electrons. The number of benzene rings is 1. The van der Waals surface area contributed by atoms with Gasteiger partial charge in [-0.25, -0.2) is 4.98 Å². The van der Waals surface area contributed by atoms with Gasteiger partial charge in [0.15, 0.2) is 0 Å². The second kappa shape index (κ2) is 7.06. The highest BCUT2D eigenvalue weighted by atomic mass is 16.1. The Labute approximate surface area is 150 Å². The highest BCUT2D eigenvalue weighted by Crippen LogP contribution is 2.20. The van der Waals surface area contributed by atoms with Crippen molar-refractivity contribution in [3.05, 3.63) is 84.4 Å². The number of carbonyl (C=O) groups excluding carboxylic acids is 1. The van der Waals surface area contributed by atoms with Gasteiger partial charge in [-0.05, 0) is 54.1 Å². The Morgan fingerprint density at radius 2 is 1.92 bits per heavy atom. The van der Waals surface area contributed by atoms with Crippen molar-refractivity contribution < 1.29 is 4.79 Å². The summed E-state index contributed by atoms with van der Waals surface area (Å²) in [6, 6.07) is 15.1. The fourth-order valence-electron chi connectivity index (χ4n) is 2.75. The lowest BCUT2D eigenvalue weighted by Crippen LogP contribution is -2.15. The second-order valence-electron chi connectivity index (χ2n) is 5.84. The molecular weight excluding hydrogens is 326 g/mol. The van der Waals surface area contributed by atoms with Gasteiger partial charge in [0.2, 0.25) is 0 Å². The molecule has 4 aromatic rings. The molecule has 0 aliphatic carbocycles. The number of aromatic amines is 1. The fourth-order valence-corrected chi connectivity index (χ4v) is 2.75. The minimum Gasteiger partial charge on any atom is -0.365 e. The number of hydrogen-bond donors (Lipinski definition) is 3. The van der Waals surface area contributed by atoms with Crippen LogP contribution in [0.25, 0.3) is 10.9 Å². The molecule has 1 amide bonds. The van der Waals surface area contributed by atoms with Crippen LogP contribution in [0.5, 0.6) is 0 Å². The zero-order chi connectivity index (χ0) is 17.8. The van der Waals surface area contributed by atoms with Crippen LogP contribution in [-0.2, 0) is 6.54 Å². The van der Waals surface area contributed by atoms with Gasteiger partial charge in [0, 0.05) is 47.9 Å². The van der Waals surface area contributed by atoms with E-state index in [0.29, 0.717) is 17.9 Å². The summed E-state index contributed by atoms with van der Waals surface area (Å²) in [6.07, 6.45) is 7.01. The molecular formula is C20H17N5O. The minimum atomic E-state index is -0.204. The molecule has 0 bridgehead atoms. The van der Waals surface area contributed by atoms with Crippen molar-refractivity contribution in [2.75, 3.05) is 10.6 Å². The summed E-state index contributed by atoms with van der Waals surface area (Å²) in [5.74, 6) is 0.342. The summed E-state index contributed by atoms with van der Waals surface area (Å²) in [6.45, 7) is 0.565. The summed E-state index contributed by atoms with van der Waals surface area (Å²) in [4.78, 5) is 24.2. The maximum atomic E-state index is 12.7. The van der Waals surface area contributed by atoms with Gasteiger partial charge in [-0.1, -0.05) is 0 Å². The smallest absolute Gasteiger partial charge is 0.259 e. The molecule has 0 aliphatic rings. The van der Waals surface area contributed by atoms with Gasteiger partial charge in [0.25, 0.3) is 5.91 Å². The van der Waals surface area contributed by atoms with Crippen molar-refractivity contribution in [3.8, 4) is 0 Å². The predicted octanol–water partition coefficient (Wildman–Crippen LogP) is 3.82. The molecule has 1 aromatic carbocycles. The molecule has 0 aliphatic heterocycles. The van der Waals surface area contributed by atoms with Gasteiger partial charge in [-0.15, -0.1) is 0 Å². The van der Waals surface area contributed by atoms with Crippen LogP contribution in [0.2, 0.25) is 0 Å². The van der Waals surface area contributed by atoms with Crippen LogP contribution in [0.15, 0.2) is 73.3 Å². The first-order valence-corrected chi connectivity index (χ1v) is 8.26. The lowest BCUT2D eigenvalue weighted by atomic mass is 10.2. The van der Waals surface area contributed by atoms with E-state index < -0.39 is 0 Å². The van der Waals surface area contributed by atoms with Gasteiger partial charge in [-0.3, -0.25) is 9.78 Å². The molecule has 128 valence electrons. The Morgan fingerprint density at radius 1 is 1.04 bits per heavy atom. The summed E-state index contributed by atoms with van der Waals surface area (Å²) in [7, 11) is 0. The van der Waals surface area contributed by atoms with E-state index in [4.69, 9.17) is 0 Å². The molecule has 3 aromatic heterocycles. The Bertz CT molecular complexity index is 1040. The standard InChI is InChI=1S/C20H17N5O/c26-20(25-16-3-4-18-15(12-16)7-11-22-18)17-2-1-8-23-19(17)24-13-14-5-9-21-10-6-14/h1-12,22H,13H2,(H,23,24)(H,25,26). The number of fused-ring (bicyclic) bond motifs is 1. The fraction of sp³-hybridized carbons (Fsp3) is 0.0500. The molecule has 26 heavy (non-hydrogen) atoms. The van der Waals surface area contributed by atoms with Crippen LogP contribution >= 0.6 is 0 Å². The lowest BCUT2D eigenvalue weighted by Gasteiger charge is -2.11. The van der Waals surface area contributed by atoms with Gasteiger partial charge >= 0.3 is 0 Å². The molecule has 6 nitrogen and oxygen atoms in total. The van der Waals surface area contributed by atoms with Gasteiger partial charge < -0.3 is 15.6 Å². The number of rotatable bonds is 5. The highest BCUT2D eigenvalue weighted by Gasteiger charge is 2.12. The van der Waals surface area contributed by atoms with E-state index in [-0.39, 0.29) is 5.91 Å². The Hall–Kier alpha value is -3.67.